The fourth-order valence-electron chi connectivity index (χ4n) is 4.56. The highest BCUT2D eigenvalue weighted by molar-refractivity contribution is 5.87. The smallest absolute Gasteiger partial charge is 0.322 e. The molecule has 9 heteroatoms. The van der Waals surface area contributed by atoms with Crippen molar-refractivity contribution in [2.75, 3.05) is 6.79 Å². The second-order valence-electron chi connectivity index (χ2n) is 9.00. The first kappa shape index (κ1) is 22.8. The topological polar surface area (TPSA) is 89.7 Å². The Labute approximate surface area is 212 Å². The molecule has 4 aromatic rings. The number of fused-ring (bicyclic) bond motifs is 1. The second kappa shape index (κ2) is 9.09. The van der Waals surface area contributed by atoms with Crippen molar-refractivity contribution >= 4 is 11.6 Å². The number of rotatable bonds is 5. The van der Waals surface area contributed by atoms with Crippen LogP contribution in [0.4, 0.5) is 9.18 Å². The first-order chi connectivity index (χ1) is 18.0. The first-order valence-corrected chi connectivity index (χ1v) is 11.8. The highest BCUT2D eigenvalue weighted by atomic mass is 19.1. The molecule has 0 radical (unpaired) electrons. The molecule has 8 nitrogen and oxygen atoms in total. The summed E-state index contributed by atoms with van der Waals surface area (Å²) >= 11 is 0. The van der Waals surface area contributed by atoms with Crippen molar-refractivity contribution in [3.8, 4) is 22.9 Å². The van der Waals surface area contributed by atoms with E-state index in [1.54, 1.807) is 17.0 Å². The Morgan fingerprint density at radius 1 is 1.03 bits per heavy atom. The van der Waals surface area contributed by atoms with Gasteiger partial charge in [-0.2, -0.15) is 4.98 Å². The van der Waals surface area contributed by atoms with Gasteiger partial charge in [0.05, 0.1) is 18.2 Å². The van der Waals surface area contributed by atoms with Gasteiger partial charge in [-0.15, -0.1) is 0 Å². The van der Waals surface area contributed by atoms with Gasteiger partial charge in [-0.25, -0.2) is 9.18 Å². The predicted octanol–water partition coefficient (Wildman–Crippen LogP) is 5.61. The third kappa shape index (κ3) is 4.29. The van der Waals surface area contributed by atoms with E-state index in [2.05, 4.69) is 15.5 Å². The van der Waals surface area contributed by atoms with Crippen LogP contribution in [0.5, 0.6) is 11.5 Å². The van der Waals surface area contributed by atoms with E-state index in [9.17, 15) is 9.18 Å². The molecular formula is C28H23FN4O4. The van der Waals surface area contributed by atoms with Crippen molar-refractivity contribution in [1.29, 1.82) is 0 Å². The van der Waals surface area contributed by atoms with Crippen LogP contribution in [0.25, 0.3) is 17.0 Å². The van der Waals surface area contributed by atoms with Crippen molar-refractivity contribution in [1.82, 2.24) is 20.4 Å². The lowest BCUT2D eigenvalue weighted by molar-refractivity contribution is 0.174. The molecule has 6 rings (SSSR count). The van der Waals surface area contributed by atoms with Gasteiger partial charge in [0.25, 0.3) is 5.89 Å². The van der Waals surface area contributed by atoms with Crippen LogP contribution < -0.4 is 14.8 Å². The van der Waals surface area contributed by atoms with E-state index in [0.29, 0.717) is 34.2 Å². The van der Waals surface area contributed by atoms with Crippen molar-refractivity contribution in [2.24, 2.45) is 0 Å². The van der Waals surface area contributed by atoms with Gasteiger partial charge in [0, 0.05) is 11.3 Å². The van der Waals surface area contributed by atoms with Gasteiger partial charge in [-0.05, 0) is 49.2 Å². The van der Waals surface area contributed by atoms with Crippen molar-refractivity contribution < 1.29 is 23.2 Å². The summed E-state index contributed by atoms with van der Waals surface area (Å²) in [6.45, 7) is 4.26. The number of urea groups is 1. The number of carbonyl (C=O) groups is 1. The summed E-state index contributed by atoms with van der Waals surface area (Å²) in [7, 11) is 0. The number of carbonyl (C=O) groups excluding carboxylic acids is 1. The molecule has 0 saturated heterocycles. The van der Waals surface area contributed by atoms with Gasteiger partial charge in [0.1, 0.15) is 5.82 Å². The minimum Gasteiger partial charge on any atom is -0.454 e. The lowest BCUT2D eigenvalue weighted by atomic mass is 9.94. The van der Waals surface area contributed by atoms with Crippen LogP contribution in [-0.2, 0) is 6.54 Å². The maximum atomic E-state index is 14.2. The summed E-state index contributed by atoms with van der Waals surface area (Å²) in [5.41, 5.74) is 4.56. The summed E-state index contributed by atoms with van der Waals surface area (Å²) < 4.78 is 30.8. The van der Waals surface area contributed by atoms with Crippen molar-refractivity contribution in [3.05, 3.63) is 101 Å². The Morgan fingerprint density at radius 3 is 2.65 bits per heavy atom. The zero-order chi connectivity index (χ0) is 25.5. The van der Waals surface area contributed by atoms with Crippen LogP contribution in [-0.4, -0.2) is 27.9 Å². The number of nitrogens with one attached hydrogen (secondary N) is 1. The number of hydrogen-bond donors (Lipinski definition) is 1. The van der Waals surface area contributed by atoms with E-state index in [0.717, 1.165) is 16.7 Å². The first-order valence-electron chi connectivity index (χ1n) is 11.8. The monoisotopic (exact) mass is 498 g/mol. The fraction of sp³-hybridized carbons (Fsp3) is 0.179. The number of aryl methyl sites for hydroxylation is 1. The van der Waals surface area contributed by atoms with Gasteiger partial charge >= 0.3 is 6.03 Å². The molecule has 2 aliphatic rings. The third-order valence-corrected chi connectivity index (χ3v) is 6.52. The maximum absolute atomic E-state index is 14.2. The minimum atomic E-state index is -0.678. The zero-order valence-corrected chi connectivity index (χ0v) is 20.2. The Hall–Kier alpha value is -4.66. The zero-order valence-electron chi connectivity index (χ0n) is 20.2. The summed E-state index contributed by atoms with van der Waals surface area (Å²) in [4.78, 5) is 19.6. The van der Waals surface area contributed by atoms with Gasteiger partial charge in [-0.3, -0.25) is 4.90 Å². The third-order valence-electron chi connectivity index (χ3n) is 6.52. The SMILES string of the molecule is CC1=C(c2nc(-c3ccc(C)cc3)no2)C(c2cccc(F)c2)NC(=O)N1Cc1ccc2c(c1)OCO2. The molecule has 2 aliphatic heterocycles. The number of hydrogen-bond acceptors (Lipinski definition) is 6. The van der Waals surface area contributed by atoms with Crippen molar-refractivity contribution in [3.63, 3.8) is 0 Å². The van der Waals surface area contributed by atoms with E-state index in [1.165, 1.54) is 12.1 Å². The Bertz CT molecular complexity index is 1530. The summed E-state index contributed by atoms with van der Waals surface area (Å²) in [5, 5.41) is 7.18. The van der Waals surface area contributed by atoms with Gasteiger partial charge in [-0.1, -0.05) is 53.2 Å². The lowest BCUT2D eigenvalue weighted by Crippen LogP contribution is -2.45. The highest BCUT2D eigenvalue weighted by Gasteiger charge is 2.36. The number of ether oxygens (including phenoxy) is 2. The van der Waals surface area contributed by atoms with Crippen LogP contribution >= 0.6 is 0 Å². The molecule has 0 saturated carbocycles. The molecule has 0 fully saturated rings. The molecule has 37 heavy (non-hydrogen) atoms. The largest absolute Gasteiger partial charge is 0.454 e. The van der Waals surface area contributed by atoms with E-state index in [-0.39, 0.29) is 25.3 Å². The van der Waals surface area contributed by atoms with E-state index in [1.807, 2.05) is 56.3 Å². The van der Waals surface area contributed by atoms with E-state index < -0.39 is 11.9 Å². The number of aromatic nitrogens is 2. The Morgan fingerprint density at radius 2 is 1.84 bits per heavy atom. The van der Waals surface area contributed by atoms with E-state index in [4.69, 9.17) is 14.0 Å². The second-order valence-corrected chi connectivity index (χ2v) is 9.00. The molecule has 0 bridgehead atoms. The molecule has 1 aromatic heterocycles. The van der Waals surface area contributed by atoms with Crippen molar-refractivity contribution in [2.45, 2.75) is 26.4 Å². The number of nitrogens with zero attached hydrogens (tertiary/aromatic N) is 3. The molecule has 0 aliphatic carbocycles. The van der Waals surface area contributed by atoms with E-state index >= 15 is 0 Å². The molecule has 3 aromatic carbocycles. The van der Waals surface area contributed by atoms with Gasteiger partial charge < -0.3 is 19.3 Å². The predicted molar refractivity (Wildman–Crippen MR) is 133 cm³/mol. The molecular weight excluding hydrogens is 475 g/mol. The quantitative estimate of drug-likeness (QED) is 0.385. The van der Waals surface area contributed by atoms with Crippen LogP contribution in [0.15, 0.2) is 77.0 Å². The Balaban J connectivity index is 1.42. The average molecular weight is 499 g/mol. The summed E-state index contributed by atoms with van der Waals surface area (Å²) in [6, 6.07) is 18.4. The van der Waals surface area contributed by atoms with Crippen LogP contribution in [0.2, 0.25) is 0 Å². The van der Waals surface area contributed by atoms with Gasteiger partial charge in [0.15, 0.2) is 11.5 Å². The lowest BCUT2D eigenvalue weighted by Gasteiger charge is -2.35. The number of allylic oxidation sites excluding steroid dienone is 1. The summed E-state index contributed by atoms with van der Waals surface area (Å²) in [5.74, 6) is 1.57. The van der Waals surface area contributed by atoms with Gasteiger partial charge in [0.2, 0.25) is 12.6 Å². The molecule has 1 atom stereocenters. The molecule has 1 N–H and O–H groups in total. The molecule has 1 unspecified atom stereocenters. The standard InChI is InChI=1S/C28H23FN4O4/c1-16-6-9-19(10-7-16)26-31-27(37-32-26)24-17(2)33(14-18-8-11-22-23(12-18)36-15-35-22)28(34)30-25(24)20-4-3-5-21(29)13-20/h3-13,25H,14-15H2,1-2H3,(H,30,34). The summed E-state index contributed by atoms with van der Waals surface area (Å²) in [6.07, 6.45) is 0. The average Bonchev–Trinajstić information content (AvgIpc) is 3.56. The van der Waals surface area contributed by atoms with Crippen LogP contribution in [0.1, 0.15) is 35.5 Å². The minimum absolute atomic E-state index is 0.169. The molecule has 186 valence electrons. The highest BCUT2D eigenvalue weighted by Crippen LogP contribution is 2.39. The van der Waals surface area contributed by atoms with Crippen LogP contribution in [0, 0.1) is 12.7 Å². The maximum Gasteiger partial charge on any atom is 0.322 e. The fourth-order valence-corrected chi connectivity index (χ4v) is 4.56. The molecule has 3 heterocycles. The molecule has 0 spiro atoms. The number of halogens is 1. The number of benzene rings is 3. The normalized spacial score (nSPS) is 16.8. The molecule has 2 amide bonds. The Kier molecular flexibility index (Phi) is 5.60. The number of amides is 2. The van der Waals surface area contributed by atoms with Crippen LogP contribution in [0.3, 0.4) is 0 Å².